The molecule has 0 aromatic heterocycles. The minimum atomic E-state index is -0.00482. The van der Waals surface area contributed by atoms with Crippen molar-refractivity contribution in [3.05, 3.63) is 45.3 Å². The smallest absolute Gasteiger partial charge is 0.105 e. The van der Waals surface area contributed by atoms with E-state index in [1.54, 1.807) is 5.57 Å². The molecule has 0 amide bonds. The van der Waals surface area contributed by atoms with E-state index in [4.69, 9.17) is 23.2 Å². The molecule has 1 heterocycles. The summed E-state index contributed by atoms with van der Waals surface area (Å²) in [5.74, 6) is 1.17. The van der Waals surface area contributed by atoms with E-state index in [1.165, 1.54) is 89.9 Å². The van der Waals surface area contributed by atoms with Gasteiger partial charge in [-0.1, -0.05) is 88.2 Å². The van der Waals surface area contributed by atoms with E-state index in [0.29, 0.717) is 0 Å². The zero-order chi connectivity index (χ0) is 22.6. The van der Waals surface area contributed by atoms with Crippen molar-refractivity contribution >= 4 is 31.1 Å². The Morgan fingerprint density at radius 1 is 0.818 bits per heavy atom. The van der Waals surface area contributed by atoms with Crippen molar-refractivity contribution in [3.8, 4) is 0 Å². The Morgan fingerprint density at radius 3 is 2.06 bits per heavy atom. The number of hydrogen-bond acceptors (Lipinski definition) is 2. The van der Waals surface area contributed by atoms with Crippen LogP contribution in [0.25, 0.3) is 0 Å². The molecule has 2 nitrogen and oxygen atoms in total. The zero-order valence-corrected chi connectivity index (χ0v) is 22.5. The van der Waals surface area contributed by atoms with Crippen LogP contribution in [0.1, 0.15) is 89.9 Å². The number of rotatable bonds is 4. The molecule has 1 saturated heterocycles. The van der Waals surface area contributed by atoms with Crippen LogP contribution in [0, 0.1) is 5.92 Å². The fraction of sp³-hybridized carbons (Fsp3) is 0.714. The molecule has 4 fully saturated rings. The quantitative estimate of drug-likeness (QED) is 0.374. The molecule has 0 aromatic rings. The summed E-state index contributed by atoms with van der Waals surface area (Å²) in [6.45, 7) is 1.90. The Kier molecular flexibility index (Phi) is 8.49. The topological polar surface area (TPSA) is 24.1 Å². The van der Waals surface area contributed by atoms with E-state index in [-0.39, 0.29) is 13.8 Å². The summed E-state index contributed by atoms with van der Waals surface area (Å²) in [5, 5.41) is 8.95. The SMILES string of the molecule is ClC1=CC=CC(C(Cl)=C2CCCCC2P(C2CCCCC2)C2CCCCC2)C1=C1NCCN1. The number of nitrogens with one attached hydrogen (secondary N) is 2. The van der Waals surface area contributed by atoms with Crippen molar-refractivity contribution in [2.45, 2.75) is 107 Å². The van der Waals surface area contributed by atoms with Crippen molar-refractivity contribution in [2.24, 2.45) is 5.92 Å². The van der Waals surface area contributed by atoms with Gasteiger partial charge in [-0.3, -0.25) is 0 Å². The number of halogens is 2. The van der Waals surface area contributed by atoms with Crippen molar-refractivity contribution in [1.82, 2.24) is 10.6 Å². The third-order valence-electron chi connectivity index (χ3n) is 8.62. The average Bonchev–Trinajstić information content (AvgIpc) is 3.40. The van der Waals surface area contributed by atoms with Gasteiger partial charge in [0, 0.05) is 40.3 Å². The Labute approximate surface area is 212 Å². The molecule has 5 rings (SSSR count). The number of allylic oxidation sites excluding steroid dienone is 7. The van der Waals surface area contributed by atoms with Crippen LogP contribution in [0.5, 0.6) is 0 Å². The molecule has 2 atom stereocenters. The Balaban J connectivity index is 1.51. The van der Waals surface area contributed by atoms with E-state index in [9.17, 15) is 0 Å². The predicted molar refractivity (Wildman–Crippen MR) is 145 cm³/mol. The summed E-state index contributed by atoms with van der Waals surface area (Å²) >= 11 is 14.2. The molecule has 2 N–H and O–H groups in total. The first-order valence-electron chi connectivity index (χ1n) is 13.7. The summed E-state index contributed by atoms with van der Waals surface area (Å²) in [4.78, 5) is 0. The lowest BCUT2D eigenvalue weighted by Crippen LogP contribution is -2.30. The lowest BCUT2D eigenvalue weighted by molar-refractivity contribution is 0.476. The maximum Gasteiger partial charge on any atom is 0.105 e. The van der Waals surface area contributed by atoms with Gasteiger partial charge in [0.05, 0.1) is 0 Å². The van der Waals surface area contributed by atoms with Crippen molar-refractivity contribution in [3.63, 3.8) is 0 Å². The molecule has 0 bridgehead atoms. The van der Waals surface area contributed by atoms with Crippen LogP contribution >= 0.6 is 31.1 Å². The first kappa shape index (κ1) is 24.3. The van der Waals surface area contributed by atoms with Gasteiger partial charge in [-0.2, -0.15) is 0 Å². The second-order valence-electron chi connectivity index (χ2n) is 10.7. The zero-order valence-electron chi connectivity index (χ0n) is 20.1. The molecule has 0 spiro atoms. The van der Waals surface area contributed by atoms with Crippen LogP contribution < -0.4 is 10.6 Å². The summed E-state index contributed by atoms with van der Waals surface area (Å²) in [5.41, 5.74) is 5.45. The van der Waals surface area contributed by atoms with Gasteiger partial charge in [-0.05, 0) is 67.9 Å². The van der Waals surface area contributed by atoms with Gasteiger partial charge in [0.1, 0.15) is 5.82 Å². The highest BCUT2D eigenvalue weighted by molar-refractivity contribution is 7.60. The standard InChI is InChI=1S/C28H41Cl2N2P/c29-24-16-9-15-23(26(24)28-31-18-19-32-28)27(30)22-14-7-8-17-25(22)33(20-10-3-1-4-11-20)21-12-5-2-6-13-21/h9,15-16,20-21,23,25,31-32H,1-8,10-14,17-19H2. The van der Waals surface area contributed by atoms with Gasteiger partial charge in [-0.15, -0.1) is 0 Å². The van der Waals surface area contributed by atoms with E-state index in [0.717, 1.165) is 51.5 Å². The first-order chi connectivity index (χ1) is 16.2. The van der Waals surface area contributed by atoms with Crippen LogP contribution in [0.3, 0.4) is 0 Å². The van der Waals surface area contributed by atoms with Crippen LogP contribution in [0.15, 0.2) is 45.3 Å². The lowest BCUT2D eigenvalue weighted by Gasteiger charge is -2.46. The Morgan fingerprint density at radius 2 is 1.42 bits per heavy atom. The van der Waals surface area contributed by atoms with Crippen molar-refractivity contribution in [1.29, 1.82) is 0 Å². The number of hydrogen-bond donors (Lipinski definition) is 2. The minimum absolute atomic E-state index is 0.00482. The predicted octanol–water partition coefficient (Wildman–Crippen LogP) is 8.28. The van der Waals surface area contributed by atoms with Crippen LogP contribution in [0.2, 0.25) is 0 Å². The molecule has 3 saturated carbocycles. The van der Waals surface area contributed by atoms with Gasteiger partial charge in [-0.25, -0.2) is 0 Å². The third kappa shape index (κ3) is 5.39. The molecule has 182 valence electrons. The molecule has 1 aliphatic heterocycles. The van der Waals surface area contributed by atoms with Crippen LogP contribution in [-0.4, -0.2) is 30.1 Å². The maximum atomic E-state index is 7.46. The summed E-state index contributed by atoms with van der Waals surface area (Å²) < 4.78 is 0. The first-order valence-corrected chi connectivity index (χ1v) is 16.0. The summed E-state index contributed by atoms with van der Waals surface area (Å²) in [7, 11) is -0.00482. The van der Waals surface area contributed by atoms with Crippen molar-refractivity contribution < 1.29 is 0 Å². The largest absolute Gasteiger partial charge is 0.370 e. The van der Waals surface area contributed by atoms with E-state index >= 15 is 0 Å². The lowest BCUT2D eigenvalue weighted by atomic mass is 9.86. The van der Waals surface area contributed by atoms with Crippen LogP contribution in [0.4, 0.5) is 0 Å². The highest BCUT2D eigenvalue weighted by Gasteiger charge is 2.40. The van der Waals surface area contributed by atoms with Crippen LogP contribution in [-0.2, 0) is 0 Å². The van der Waals surface area contributed by atoms with Gasteiger partial charge in [0.25, 0.3) is 0 Å². The molecule has 5 aliphatic rings. The highest BCUT2D eigenvalue weighted by atomic mass is 35.5. The van der Waals surface area contributed by atoms with Crippen molar-refractivity contribution in [2.75, 3.05) is 13.1 Å². The fourth-order valence-electron chi connectivity index (χ4n) is 7.07. The molecule has 0 radical (unpaired) electrons. The average molecular weight is 508 g/mol. The third-order valence-corrected chi connectivity index (χ3v) is 13.4. The highest BCUT2D eigenvalue weighted by Crippen LogP contribution is 2.63. The van der Waals surface area contributed by atoms with Gasteiger partial charge in [0.2, 0.25) is 0 Å². The van der Waals surface area contributed by atoms with E-state index < -0.39 is 0 Å². The second kappa shape index (κ2) is 11.5. The minimum Gasteiger partial charge on any atom is -0.370 e. The Hall–Kier alpha value is -0.430. The normalized spacial score (nSPS) is 31.4. The molecule has 0 aromatic carbocycles. The van der Waals surface area contributed by atoms with E-state index in [1.807, 2.05) is 6.08 Å². The summed E-state index contributed by atoms with van der Waals surface area (Å²) in [6.07, 6.45) is 26.3. The second-order valence-corrected chi connectivity index (χ2v) is 14.5. The maximum absolute atomic E-state index is 7.46. The molecule has 5 heteroatoms. The monoisotopic (exact) mass is 506 g/mol. The molecule has 33 heavy (non-hydrogen) atoms. The van der Waals surface area contributed by atoms with Gasteiger partial charge in [0.15, 0.2) is 0 Å². The molecular formula is C28H41Cl2N2P. The van der Waals surface area contributed by atoms with E-state index in [2.05, 4.69) is 22.8 Å². The summed E-state index contributed by atoms with van der Waals surface area (Å²) in [6, 6.07) is 0. The van der Waals surface area contributed by atoms with Gasteiger partial charge < -0.3 is 10.6 Å². The fourth-order valence-corrected chi connectivity index (χ4v) is 12.5. The molecular weight excluding hydrogens is 466 g/mol. The molecule has 2 unspecified atom stereocenters. The Bertz CT molecular complexity index is 792. The molecule has 4 aliphatic carbocycles. The van der Waals surface area contributed by atoms with Gasteiger partial charge >= 0.3 is 0 Å².